The summed E-state index contributed by atoms with van der Waals surface area (Å²) in [5.74, 6) is -2.23. The molecule has 1 aromatic carbocycles. The van der Waals surface area contributed by atoms with Gasteiger partial charge in [0.2, 0.25) is 0 Å². The first kappa shape index (κ1) is 16.6. The summed E-state index contributed by atoms with van der Waals surface area (Å²) < 4.78 is 44.2. The van der Waals surface area contributed by atoms with Crippen LogP contribution < -0.4 is 5.73 Å². The summed E-state index contributed by atoms with van der Waals surface area (Å²) >= 11 is 0. The van der Waals surface area contributed by atoms with Gasteiger partial charge in [-0.05, 0) is 24.4 Å². The number of amides is 1. The Labute approximate surface area is 127 Å². The van der Waals surface area contributed by atoms with Crippen molar-refractivity contribution < 1.29 is 22.7 Å². The minimum Gasteiger partial charge on any atom is -0.445 e. The summed E-state index contributed by atoms with van der Waals surface area (Å²) in [6.07, 6.45) is -4.84. The van der Waals surface area contributed by atoms with Crippen molar-refractivity contribution in [1.29, 1.82) is 0 Å². The molecule has 0 bridgehead atoms. The summed E-state index contributed by atoms with van der Waals surface area (Å²) in [6.45, 7) is -0.134. The molecule has 0 aliphatic carbocycles. The Morgan fingerprint density at radius 3 is 2.59 bits per heavy atom. The number of carbonyl (C=O) groups is 1. The van der Waals surface area contributed by atoms with Gasteiger partial charge in [0, 0.05) is 13.1 Å². The Morgan fingerprint density at radius 1 is 1.32 bits per heavy atom. The van der Waals surface area contributed by atoms with E-state index in [0.717, 1.165) is 10.5 Å². The number of rotatable bonds is 3. The molecule has 1 aliphatic heterocycles. The second kappa shape index (κ2) is 7.00. The molecule has 0 radical (unpaired) electrons. The van der Waals surface area contributed by atoms with Crippen molar-refractivity contribution in [2.45, 2.75) is 19.2 Å². The molecule has 0 saturated carbocycles. The predicted molar refractivity (Wildman–Crippen MR) is 74.9 cm³/mol. The number of benzene rings is 1. The molecule has 7 heteroatoms. The largest absolute Gasteiger partial charge is 0.445 e. The highest BCUT2D eigenvalue weighted by atomic mass is 19.4. The third kappa shape index (κ3) is 4.13. The quantitative estimate of drug-likeness (QED) is 0.933. The Hall–Kier alpha value is -1.76. The lowest BCUT2D eigenvalue weighted by molar-refractivity contribution is -0.198. The first-order chi connectivity index (χ1) is 10.4. The Kier molecular flexibility index (Phi) is 5.28. The van der Waals surface area contributed by atoms with Crippen LogP contribution in [-0.4, -0.2) is 36.8 Å². The predicted octanol–water partition coefficient (Wildman–Crippen LogP) is 2.78. The molecule has 1 fully saturated rings. The summed E-state index contributed by atoms with van der Waals surface area (Å²) in [6, 6.07) is 9.00. The number of alkyl halides is 3. The molecular weight excluding hydrogens is 297 g/mol. The zero-order valence-corrected chi connectivity index (χ0v) is 12.1. The molecule has 0 unspecified atom stereocenters. The van der Waals surface area contributed by atoms with Gasteiger partial charge in [-0.1, -0.05) is 30.3 Å². The summed E-state index contributed by atoms with van der Waals surface area (Å²) in [5, 5.41) is 0. The van der Waals surface area contributed by atoms with Gasteiger partial charge in [0.15, 0.2) is 0 Å². The van der Waals surface area contributed by atoms with Gasteiger partial charge in [-0.25, -0.2) is 4.79 Å². The van der Waals surface area contributed by atoms with Gasteiger partial charge in [-0.3, -0.25) is 0 Å². The average molecular weight is 316 g/mol. The number of hydrogen-bond acceptors (Lipinski definition) is 3. The molecule has 2 atom stereocenters. The molecule has 1 amide bonds. The van der Waals surface area contributed by atoms with Gasteiger partial charge in [-0.2, -0.15) is 13.2 Å². The second-order valence-electron chi connectivity index (χ2n) is 5.42. The van der Waals surface area contributed by atoms with E-state index in [1.165, 1.54) is 0 Å². The van der Waals surface area contributed by atoms with E-state index in [9.17, 15) is 18.0 Å². The van der Waals surface area contributed by atoms with Crippen LogP contribution in [0.2, 0.25) is 0 Å². The zero-order chi connectivity index (χ0) is 16.2. The lowest BCUT2D eigenvalue weighted by Gasteiger charge is -2.38. The number of ether oxygens (including phenoxy) is 1. The van der Waals surface area contributed by atoms with Crippen molar-refractivity contribution in [3.05, 3.63) is 35.9 Å². The molecule has 1 aliphatic rings. The van der Waals surface area contributed by atoms with Gasteiger partial charge in [0.25, 0.3) is 0 Å². The monoisotopic (exact) mass is 316 g/mol. The summed E-state index contributed by atoms with van der Waals surface area (Å²) in [7, 11) is 0. The molecular formula is C15H19F3N2O2. The smallest absolute Gasteiger partial charge is 0.410 e. The zero-order valence-electron chi connectivity index (χ0n) is 12.1. The van der Waals surface area contributed by atoms with Crippen LogP contribution in [0.5, 0.6) is 0 Å². The fourth-order valence-corrected chi connectivity index (χ4v) is 2.63. The molecule has 0 aromatic heterocycles. The van der Waals surface area contributed by atoms with Gasteiger partial charge in [0.1, 0.15) is 6.61 Å². The van der Waals surface area contributed by atoms with Crippen molar-refractivity contribution in [2.75, 3.05) is 19.6 Å². The normalized spacial score (nSPS) is 22.5. The van der Waals surface area contributed by atoms with Gasteiger partial charge in [-0.15, -0.1) is 0 Å². The van der Waals surface area contributed by atoms with E-state index in [1.807, 2.05) is 6.07 Å². The van der Waals surface area contributed by atoms with Crippen LogP contribution >= 0.6 is 0 Å². The summed E-state index contributed by atoms with van der Waals surface area (Å²) in [5.41, 5.74) is 6.20. The van der Waals surface area contributed by atoms with E-state index in [2.05, 4.69) is 0 Å². The number of piperidine rings is 1. The van der Waals surface area contributed by atoms with Crippen molar-refractivity contribution >= 4 is 6.09 Å². The van der Waals surface area contributed by atoms with Crippen molar-refractivity contribution in [3.63, 3.8) is 0 Å². The van der Waals surface area contributed by atoms with Crippen LogP contribution in [0.25, 0.3) is 0 Å². The maximum Gasteiger partial charge on any atom is 0.410 e. The van der Waals surface area contributed by atoms with Gasteiger partial charge in [0.05, 0.1) is 5.92 Å². The Morgan fingerprint density at radius 2 is 2.00 bits per heavy atom. The first-order valence-electron chi connectivity index (χ1n) is 7.14. The van der Waals surface area contributed by atoms with Crippen LogP contribution in [0.1, 0.15) is 12.0 Å². The van der Waals surface area contributed by atoms with E-state index < -0.39 is 24.1 Å². The minimum atomic E-state index is -4.36. The number of likely N-dealkylation sites (tertiary alicyclic amines) is 1. The molecule has 2 rings (SSSR count). The van der Waals surface area contributed by atoms with Crippen LogP contribution in [0.4, 0.5) is 18.0 Å². The number of nitrogens with zero attached hydrogens (tertiary/aromatic N) is 1. The van der Waals surface area contributed by atoms with Crippen LogP contribution in [0, 0.1) is 11.8 Å². The molecule has 1 aromatic rings. The van der Waals surface area contributed by atoms with Crippen LogP contribution in [-0.2, 0) is 11.3 Å². The van der Waals surface area contributed by atoms with Crippen LogP contribution in [0.15, 0.2) is 30.3 Å². The Bertz CT molecular complexity index is 493. The van der Waals surface area contributed by atoms with E-state index in [1.54, 1.807) is 24.3 Å². The van der Waals surface area contributed by atoms with E-state index in [0.29, 0.717) is 0 Å². The number of halogens is 3. The van der Waals surface area contributed by atoms with E-state index >= 15 is 0 Å². The molecule has 4 nitrogen and oxygen atoms in total. The minimum absolute atomic E-state index is 0.0307. The topological polar surface area (TPSA) is 55.6 Å². The van der Waals surface area contributed by atoms with Crippen molar-refractivity contribution in [2.24, 2.45) is 17.6 Å². The number of hydrogen-bond donors (Lipinski definition) is 1. The van der Waals surface area contributed by atoms with Crippen LogP contribution in [0.3, 0.4) is 0 Å². The maximum absolute atomic E-state index is 13.0. The average Bonchev–Trinajstić information content (AvgIpc) is 2.52. The lowest BCUT2D eigenvalue weighted by atomic mass is 9.85. The SMILES string of the molecule is NC[C@@H]1CCN(C(=O)OCc2ccccc2)C[C@@H]1C(F)(F)F. The second-order valence-corrected chi connectivity index (χ2v) is 5.42. The molecule has 1 heterocycles. The number of carbonyl (C=O) groups excluding carboxylic acids is 1. The molecule has 22 heavy (non-hydrogen) atoms. The standard InChI is InChI=1S/C15H19F3N2O2/c16-15(17,18)13-9-20(7-6-12(13)8-19)14(21)22-10-11-4-2-1-3-5-11/h1-5,12-13H,6-10,19H2/t12-,13-/m0/s1. The molecule has 0 spiro atoms. The first-order valence-corrected chi connectivity index (χ1v) is 7.14. The fraction of sp³-hybridized carbons (Fsp3) is 0.533. The number of nitrogens with two attached hydrogens (primary N) is 1. The highest BCUT2D eigenvalue weighted by Crippen LogP contribution is 2.36. The van der Waals surface area contributed by atoms with Gasteiger partial charge < -0.3 is 15.4 Å². The maximum atomic E-state index is 13.0. The van der Waals surface area contributed by atoms with Gasteiger partial charge >= 0.3 is 12.3 Å². The lowest BCUT2D eigenvalue weighted by Crippen LogP contribution is -2.50. The molecule has 2 N–H and O–H groups in total. The third-order valence-electron chi connectivity index (χ3n) is 3.94. The molecule has 1 saturated heterocycles. The Balaban J connectivity index is 1.93. The highest BCUT2D eigenvalue weighted by molar-refractivity contribution is 5.67. The fourth-order valence-electron chi connectivity index (χ4n) is 2.63. The van der Waals surface area contributed by atoms with Crippen molar-refractivity contribution in [3.8, 4) is 0 Å². The third-order valence-corrected chi connectivity index (χ3v) is 3.94. The summed E-state index contributed by atoms with van der Waals surface area (Å²) in [4.78, 5) is 13.1. The molecule has 122 valence electrons. The van der Waals surface area contributed by atoms with E-state index in [-0.39, 0.29) is 32.7 Å². The van der Waals surface area contributed by atoms with E-state index in [4.69, 9.17) is 10.5 Å². The van der Waals surface area contributed by atoms with Crippen molar-refractivity contribution in [1.82, 2.24) is 4.90 Å². The highest BCUT2D eigenvalue weighted by Gasteiger charge is 2.47.